The first kappa shape index (κ1) is 13.9. The van der Waals surface area contributed by atoms with Crippen LogP contribution in [0.5, 0.6) is 11.5 Å². The average molecular weight is 288 g/mol. The number of ether oxygens (including phenoxy) is 2. The lowest BCUT2D eigenvalue weighted by molar-refractivity contribution is 0.180. The van der Waals surface area contributed by atoms with Crippen LogP contribution >= 0.6 is 0 Å². The first-order valence-electron chi connectivity index (χ1n) is 6.93. The Morgan fingerprint density at radius 2 is 2.10 bits per heavy atom. The van der Waals surface area contributed by atoms with E-state index in [0.29, 0.717) is 6.61 Å². The second-order valence-electron chi connectivity index (χ2n) is 5.17. The third-order valence-corrected chi connectivity index (χ3v) is 3.78. The third kappa shape index (κ3) is 2.85. The number of aliphatic hydroxyl groups is 1. The van der Waals surface area contributed by atoms with Gasteiger partial charge in [0.15, 0.2) is 11.6 Å². The zero-order valence-electron chi connectivity index (χ0n) is 11.8. The Kier molecular flexibility index (Phi) is 3.80. The normalized spacial score (nSPS) is 16.6. The summed E-state index contributed by atoms with van der Waals surface area (Å²) in [7, 11) is 1.44. The molecule has 2 aromatic carbocycles. The SMILES string of the molecule is COc1ccc(COc2ccc3c(c2)CC[C@H]3O)cc1F. The number of halogens is 1. The van der Waals surface area contributed by atoms with Crippen molar-refractivity contribution in [2.45, 2.75) is 25.6 Å². The molecule has 0 radical (unpaired) electrons. The Morgan fingerprint density at radius 1 is 1.24 bits per heavy atom. The van der Waals surface area contributed by atoms with Gasteiger partial charge in [-0.1, -0.05) is 12.1 Å². The van der Waals surface area contributed by atoms with Gasteiger partial charge >= 0.3 is 0 Å². The molecule has 0 unspecified atom stereocenters. The molecular weight excluding hydrogens is 271 g/mol. The molecule has 0 saturated carbocycles. The molecule has 1 aliphatic carbocycles. The topological polar surface area (TPSA) is 38.7 Å². The first-order chi connectivity index (χ1) is 10.2. The molecule has 0 aliphatic heterocycles. The van der Waals surface area contributed by atoms with Crippen molar-refractivity contribution in [3.63, 3.8) is 0 Å². The fraction of sp³-hybridized carbons (Fsp3) is 0.294. The van der Waals surface area contributed by atoms with Gasteiger partial charge in [0.1, 0.15) is 12.4 Å². The maximum atomic E-state index is 13.6. The second-order valence-corrected chi connectivity index (χ2v) is 5.17. The van der Waals surface area contributed by atoms with Gasteiger partial charge in [-0.15, -0.1) is 0 Å². The van der Waals surface area contributed by atoms with Gasteiger partial charge in [0, 0.05) is 0 Å². The molecule has 3 rings (SSSR count). The van der Waals surface area contributed by atoms with E-state index < -0.39 is 5.82 Å². The average Bonchev–Trinajstić information content (AvgIpc) is 2.86. The highest BCUT2D eigenvalue weighted by molar-refractivity contribution is 5.40. The Bertz CT molecular complexity index is 654. The Morgan fingerprint density at radius 3 is 2.86 bits per heavy atom. The number of aliphatic hydroxyl groups excluding tert-OH is 1. The van der Waals surface area contributed by atoms with Crippen molar-refractivity contribution in [1.82, 2.24) is 0 Å². The number of hydrogen-bond acceptors (Lipinski definition) is 3. The predicted octanol–water partition coefficient (Wildman–Crippen LogP) is 3.39. The van der Waals surface area contributed by atoms with Gasteiger partial charge in [-0.2, -0.15) is 0 Å². The first-order valence-corrected chi connectivity index (χ1v) is 6.93. The number of fused-ring (bicyclic) bond motifs is 1. The summed E-state index contributed by atoms with van der Waals surface area (Å²) in [4.78, 5) is 0. The number of aryl methyl sites for hydroxylation is 1. The summed E-state index contributed by atoms with van der Waals surface area (Å²) in [5, 5.41) is 9.77. The molecule has 21 heavy (non-hydrogen) atoms. The van der Waals surface area contributed by atoms with Crippen LogP contribution in [0.15, 0.2) is 36.4 Å². The molecule has 0 amide bonds. The summed E-state index contributed by atoms with van der Waals surface area (Å²) in [6, 6.07) is 10.5. The van der Waals surface area contributed by atoms with E-state index in [1.54, 1.807) is 12.1 Å². The lowest BCUT2D eigenvalue weighted by Crippen LogP contribution is -1.98. The largest absolute Gasteiger partial charge is 0.494 e. The summed E-state index contributed by atoms with van der Waals surface area (Å²) in [6.45, 7) is 0.294. The molecule has 2 aromatic rings. The quantitative estimate of drug-likeness (QED) is 0.937. The summed E-state index contributed by atoms with van der Waals surface area (Å²) in [5.74, 6) is 0.569. The predicted molar refractivity (Wildman–Crippen MR) is 77.0 cm³/mol. The van der Waals surface area contributed by atoms with Crippen molar-refractivity contribution >= 4 is 0 Å². The van der Waals surface area contributed by atoms with Crippen LogP contribution in [-0.2, 0) is 13.0 Å². The van der Waals surface area contributed by atoms with Gasteiger partial charge in [0.05, 0.1) is 13.2 Å². The van der Waals surface area contributed by atoms with Crippen LogP contribution < -0.4 is 9.47 Å². The van der Waals surface area contributed by atoms with E-state index in [2.05, 4.69) is 0 Å². The van der Waals surface area contributed by atoms with Crippen molar-refractivity contribution in [1.29, 1.82) is 0 Å². The van der Waals surface area contributed by atoms with Crippen LogP contribution in [0.25, 0.3) is 0 Å². The van der Waals surface area contributed by atoms with Crippen LogP contribution in [0.1, 0.15) is 29.2 Å². The molecule has 3 nitrogen and oxygen atoms in total. The van der Waals surface area contributed by atoms with Crippen molar-refractivity contribution in [3.05, 3.63) is 58.9 Å². The molecule has 110 valence electrons. The van der Waals surface area contributed by atoms with E-state index in [1.807, 2.05) is 18.2 Å². The highest BCUT2D eigenvalue weighted by Gasteiger charge is 2.20. The fourth-order valence-electron chi connectivity index (χ4n) is 2.63. The van der Waals surface area contributed by atoms with Crippen LogP contribution in [0, 0.1) is 5.82 Å². The minimum absolute atomic E-state index is 0.227. The van der Waals surface area contributed by atoms with Crippen LogP contribution in [0.4, 0.5) is 4.39 Å². The molecule has 1 N–H and O–H groups in total. The standard InChI is InChI=1S/C17H17FO3/c1-20-17-7-2-11(8-15(17)18)10-21-13-4-5-14-12(9-13)3-6-16(14)19/h2,4-5,7-9,16,19H,3,6,10H2,1H3/t16-/m1/s1. The fourth-order valence-corrected chi connectivity index (χ4v) is 2.63. The molecule has 4 heteroatoms. The molecule has 0 heterocycles. The molecule has 1 aliphatic rings. The molecule has 1 atom stereocenters. The maximum absolute atomic E-state index is 13.6. The minimum Gasteiger partial charge on any atom is -0.494 e. The monoisotopic (exact) mass is 288 g/mol. The van der Waals surface area contributed by atoms with E-state index in [9.17, 15) is 9.50 Å². The van der Waals surface area contributed by atoms with Crippen LogP contribution in [0.2, 0.25) is 0 Å². The minimum atomic E-state index is -0.393. The number of benzene rings is 2. The molecule has 0 bridgehead atoms. The Hall–Kier alpha value is -2.07. The highest BCUT2D eigenvalue weighted by Crippen LogP contribution is 2.33. The second kappa shape index (κ2) is 5.74. The van der Waals surface area contributed by atoms with Gasteiger partial charge < -0.3 is 14.6 Å². The van der Waals surface area contributed by atoms with Gasteiger partial charge in [0.2, 0.25) is 0 Å². The smallest absolute Gasteiger partial charge is 0.165 e. The molecule has 0 spiro atoms. The number of hydrogen-bond donors (Lipinski definition) is 1. The maximum Gasteiger partial charge on any atom is 0.165 e. The number of rotatable bonds is 4. The van der Waals surface area contributed by atoms with E-state index in [4.69, 9.17) is 9.47 Å². The third-order valence-electron chi connectivity index (χ3n) is 3.78. The Balaban J connectivity index is 1.69. The van der Waals surface area contributed by atoms with Crippen molar-refractivity contribution < 1.29 is 19.0 Å². The summed E-state index contributed by atoms with van der Waals surface area (Å²) < 4.78 is 24.2. The molecular formula is C17H17FO3. The van der Waals surface area contributed by atoms with Crippen molar-refractivity contribution in [2.75, 3.05) is 7.11 Å². The molecule has 0 aromatic heterocycles. The van der Waals surface area contributed by atoms with Gasteiger partial charge in [-0.05, 0) is 53.8 Å². The van der Waals surface area contributed by atoms with E-state index in [-0.39, 0.29) is 11.9 Å². The van der Waals surface area contributed by atoms with Gasteiger partial charge in [0.25, 0.3) is 0 Å². The van der Waals surface area contributed by atoms with E-state index in [0.717, 1.165) is 35.3 Å². The van der Waals surface area contributed by atoms with Crippen LogP contribution in [0.3, 0.4) is 0 Å². The summed E-state index contributed by atoms with van der Waals surface area (Å²) in [6.07, 6.45) is 1.28. The zero-order chi connectivity index (χ0) is 14.8. The summed E-state index contributed by atoms with van der Waals surface area (Å²) in [5.41, 5.74) is 2.85. The van der Waals surface area contributed by atoms with E-state index >= 15 is 0 Å². The highest BCUT2D eigenvalue weighted by atomic mass is 19.1. The van der Waals surface area contributed by atoms with Crippen molar-refractivity contribution in [3.8, 4) is 11.5 Å². The van der Waals surface area contributed by atoms with E-state index in [1.165, 1.54) is 13.2 Å². The van der Waals surface area contributed by atoms with Crippen molar-refractivity contribution in [2.24, 2.45) is 0 Å². The molecule has 0 saturated heterocycles. The molecule has 0 fully saturated rings. The zero-order valence-corrected chi connectivity index (χ0v) is 11.8. The lowest BCUT2D eigenvalue weighted by Gasteiger charge is -2.10. The lowest BCUT2D eigenvalue weighted by atomic mass is 10.1. The van der Waals surface area contributed by atoms with Gasteiger partial charge in [-0.25, -0.2) is 4.39 Å². The summed E-state index contributed by atoms with van der Waals surface area (Å²) >= 11 is 0. The number of methoxy groups -OCH3 is 1. The van der Waals surface area contributed by atoms with Gasteiger partial charge in [-0.3, -0.25) is 0 Å². The van der Waals surface area contributed by atoms with Crippen LogP contribution in [-0.4, -0.2) is 12.2 Å². The Labute approximate surface area is 122 Å².